The van der Waals surface area contributed by atoms with Gasteiger partial charge in [-0.25, -0.2) is 4.98 Å². The Bertz CT molecular complexity index is 909. The lowest BCUT2D eigenvalue weighted by atomic mass is 10.1. The Labute approximate surface area is 155 Å². The molecule has 0 fully saturated rings. The number of carbonyl (C=O) groups excluding carboxylic acids is 1. The molecule has 0 amide bonds. The van der Waals surface area contributed by atoms with Gasteiger partial charge in [-0.3, -0.25) is 4.79 Å². The Morgan fingerprint density at radius 3 is 2.56 bits per heavy atom. The van der Waals surface area contributed by atoms with Crippen molar-refractivity contribution < 1.29 is 4.79 Å². The summed E-state index contributed by atoms with van der Waals surface area (Å²) in [5.74, 6) is 0.0852. The minimum atomic E-state index is -0.135. The van der Waals surface area contributed by atoms with Gasteiger partial charge in [0.05, 0.1) is 10.7 Å². The van der Waals surface area contributed by atoms with Crippen LogP contribution in [0.15, 0.2) is 48.5 Å². The van der Waals surface area contributed by atoms with Crippen molar-refractivity contribution in [2.45, 2.75) is 0 Å². The number of nitrogens with two attached hydrogens (primary N) is 1. The summed E-state index contributed by atoms with van der Waals surface area (Å²) in [6.07, 6.45) is 0. The van der Waals surface area contributed by atoms with E-state index in [-0.39, 0.29) is 11.6 Å². The van der Waals surface area contributed by atoms with E-state index in [1.807, 2.05) is 55.4 Å². The molecule has 0 aliphatic rings. The van der Waals surface area contributed by atoms with E-state index in [0.29, 0.717) is 20.6 Å². The van der Waals surface area contributed by atoms with Crippen molar-refractivity contribution in [1.82, 2.24) is 4.98 Å². The van der Waals surface area contributed by atoms with Gasteiger partial charge < -0.3 is 16.0 Å². The first kappa shape index (κ1) is 17.3. The quantitative estimate of drug-likeness (QED) is 0.649. The summed E-state index contributed by atoms with van der Waals surface area (Å²) in [5.41, 5.74) is 8.22. The highest BCUT2D eigenvalue weighted by Crippen LogP contribution is 2.32. The number of nitrogens with one attached hydrogen (secondary N) is 1. The van der Waals surface area contributed by atoms with Crippen LogP contribution in [-0.4, -0.2) is 24.9 Å². The number of aromatic nitrogens is 1. The molecular formula is C18H17ClN4OS. The van der Waals surface area contributed by atoms with Gasteiger partial charge in [-0.05, 0) is 18.2 Å². The molecule has 1 aromatic heterocycles. The van der Waals surface area contributed by atoms with Crippen LogP contribution in [-0.2, 0) is 0 Å². The van der Waals surface area contributed by atoms with E-state index in [1.54, 1.807) is 12.1 Å². The number of nitrogen functional groups attached to an aromatic ring is 1. The number of benzene rings is 2. The predicted molar refractivity (Wildman–Crippen MR) is 105 cm³/mol. The molecule has 0 radical (unpaired) electrons. The SMILES string of the molecule is CN(C)c1ccc(Nc2nc(N)c(C(=O)c3ccccc3)s2)cc1Cl. The summed E-state index contributed by atoms with van der Waals surface area (Å²) in [6.45, 7) is 0. The van der Waals surface area contributed by atoms with Crippen LogP contribution < -0.4 is 16.0 Å². The van der Waals surface area contributed by atoms with Crippen molar-refractivity contribution in [3.05, 3.63) is 64.0 Å². The fourth-order valence-corrected chi connectivity index (χ4v) is 3.56. The molecule has 0 unspecified atom stereocenters. The van der Waals surface area contributed by atoms with Gasteiger partial charge >= 0.3 is 0 Å². The van der Waals surface area contributed by atoms with Crippen LogP contribution in [0.1, 0.15) is 15.2 Å². The fourth-order valence-electron chi connectivity index (χ4n) is 2.34. The Balaban J connectivity index is 1.83. The molecule has 5 nitrogen and oxygen atoms in total. The monoisotopic (exact) mass is 372 g/mol. The molecule has 3 aromatic rings. The highest BCUT2D eigenvalue weighted by atomic mass is 35.5. The smallest absolute Gasteiger partial charge is 0.206 e. The molecule has 0 saturated heterocycles. The van der Waals surface area contributed by atoms with Crippen LogP contribution in [0.5, 0.6) is 0 Å². The van der Waals surface area contributed by atoms with Gasteiger partial charge in [-0.15, -0.1) is 0 Å². The topological polar surface area (TPSA) is 71.2 Å². The predicted octanol–water partition coefficient (Wildman–Crippen LogP) is 4.42. The van der Waals surface area contributed by atoms with Gasteiger partial charge in [0.1, 0.15) is 10.7 Å². The number of thiazole rings is 1. The maximum Gasteiger partial charge on any atom is 0.206 e. The van der Waals surface area contributed by atoms with Crippen LogP contribution >= 0.6 is 22.9 Å². The summed E-state index contributed by atoms with van der Waals surface area (Å²) in [7, 11) is 3.86. The Morgan fingerprint density at radius 1 is 1.20 bits per heavy atom. The molecule has 3 N–H and O–H groups in total. The minimum absolute atomic E-state index is 0.135. The molecule has 2 aromatic carbocycles. The number of anilines is 4. The second-order valence-corrected chi connectivity index (χ2v) is 7.02. The van der Waals surface area contributed by atoms with Gasteiger partial charge in [0.25, 0.3) is 0 Å². The number of halogens is 1. The largest absolute Gasteiger partial charge is 0.382 e. The van der Waals surface area contributed by atoms with Crippen LogP contribution in [0.3, 0.4) is 0 Å². The molecule has 0 saturated carbocycles. The molecule has 128 valence electrons. The number of rotatable bonds is 5. The van der Waals surface area contributed by atoms with E-state index in [0.717, 1.165) is 11.4 Å². The lowest BCUT2D eigenvalue weighted by Crippen LogP contribution is -2.09. The number of carbonyl (C=O) groups is 1. The maximum absolute atomic E-state index is 12.5. The maximum atomic E-state index is 12.5. The van der Waals surface area contributed by atoms with Crippen LogP contribution in [0.2, 0.25) is 5.02 Å². The van der Waals surface area contributed by atoms with Crippen molar-refractivity contribution in [2.75, 3.05) is 30.0 Å². The van der Waals surface area contributed by atoms with Crippen molar-refractivity contribution in [3.8, 4) is 0 Å². The molecule has 0 aliphatic heterocycles. The zero-order chi connectivity index (χ0) is 18.0. The Kier molecular flexibility index (Phi) is 4.92. The van der Waals surface area contributed by atoms with E-state index in [2.05, 4.69) is 10.3 Å². The molecule has 0 spiro atoms. The van der Waals surface area contributed by atoms with E-state index < -0.39 is 0 Å². The first-order valence-electron chi connectivity index (χ1n) is 7.55. The zero-order valence-electron chi connectivity index (χ0n) is 13.8. The summed E-state index contributed by atoms with van der Waals surface area (Å²) >= 11 is 7.50. The number of nitrogens with zero attached hydrogens (tertiary/aromatic N) is 2. The minimum Gasteiger partial charge on any atom is -0.382 e. The summed E-state index contributed by atoms with van der Waals surface area (Å²) in [5, 5.41) is 4.32. The average molecular weight is 373 g/mol. The lowest BCUT2D eigenvalue weighted by Gasteiger charge is -2.15. The molecule has 7 heteroatoms. The fraction of sp³-hybridized carbons (Fsp3) is 0.111. The van der Waals surface area contributed by atoms with Crippen LogP contribution in [0.25, 0.3) is 0 Å². The van der Waals surface area contributed by atoms with Crippen LogP contribution in [0, 0.1) is 0 Å². The van der Waals surface area contributed by atoms with E-state index in [1.165, 1.54) is 11.3 Å². The van der Waals surface area contributed by atoms with Crippen molar-refractivity contribution in [2.24, 2.45) is 0 Å². The normalized spacial score (nSPS) is 10.5. The molecule has 3 rings (SSSR count). The van der Waals surface area contributed by atoms with E-state index in [4.69, 9.17) is 17.3 Å². The standard InChI is InChI=1S/C18H17ClN4OS/c1-23(2)14-9-8-12(10-13(14)19)21-18-22-17(20)16(25-18)15(24)11-6-4-3-5-7-11/h3-10H,20H2,1-2H3,(H,21,22). The molecule has 0 atom stereocenters. The zero-order valence-corrected chi connectivity index (χ0v) is 15.4. The van der Waals surface area contributed by atoms with Crippen molar-refractivity contribution in [3.63, 3.8) is 0 Å². The molecule has 25 heavy (non-hydrogen) atoms. The average Bonchev–Trinajstić information content (AvgIpc) is 2.95. The van der Waals surface area contributed by atoms with E-state index in [9.17, 15) is 4.79 Å². The van der Waals surface area contributed by atoms with Gasteiger partial charge in [0, 0.05) is 25.3 Å². The van der Waals surface area contributed by atoms with E-state index >= 15 is 0 Å². The third-order valence-electron chi connectivity index (χ3n) is 3.58. The molecule has 0 aliphatic carbocycles. The Hall–Kier alpha value is -2.57. The van der Waals surface area contributed by atoms with Gasteiger partial charge in [0.2, 0.25) is 5.78 Å². The third kappa shape index (κ3) is 3.75. The first-order valence-corrected chi connectivity index (χ1v) is 8.75. The number of hydrogen-bond donors (Lipinski definition) is 2. The second kappa shape index (κ2) is 7.13. The third-order valence-corrected chi connectivity index (χ3v) is 4.86. The molecule has 1 heterocycles. The highest BCUT2D eigenvalue weighted by Gasteiger charge is 2.18. The van der Waals surface area contributed by atoms with Crippen molar-refractivity contribution >= 4 is 51.0 Å². The van der Waals surface area contributed by atoms with Gasteiger partial charge in [-0.2, -0.15) is 0 Å². The first-order chi connectivity index (χ1) is 12.0. The number of hydrogen-bond acceptors (Lipinski definition) is 6. The molecular weight excluding hydrogens is 356 g/mol. The van der Waals surface area contributed by atoms with Crippen molar-refractivity contribution in [1.29, 1.82) is 0 Å². The van der Waals surface area contributed by atoms with Gasteiger partial charge in [-0.1, -0.05) is 53.3 Å². The lowest BCUT2D eigenvalue weighted by molar-refractivity contribution is 0.104. The summed E-state index contributed by atoms with van der Waals surface area (Å²) < 4.78 is 0. The Morgan fingerprint density at radius 2 is 1.92 bits per heavy atom. The van der Waals surface area contributed by atoms with Gasteiger partial charge in [0.15, 0.2) is 5.13 Å². The molecule has 0 bridgehead atoms. The van der Waals surface area contributed by atoms with Crippen LogP contribution in [0.4, 0.5) is 22.3 Å². The summed E-state index contributed by atoms with van der Waals surface area (Å²) in [4.78, 5) is 19.1. The number of ketones is 1. The highest BCUT2D eigenvalue weighted by molar-refractivity contribution is 7.18. The summed E-state index contributed by atoms with van der Waals surface area (Å²) in [6, 6.07) is 14.6. The second-order valence-electron chi connectivity index (χ2n) is 5.61.